The molecule has 1 atom stereocenters. The van der Waals surface area contributed by atoms with Gasteiger partial charge in [0.15, 0.2) is 0 Å². The molecule has 0 aliphatic carbocycles. The third-order valence-corrected chi connectivity index (χ3v) is 3.52. The van der Waals surface area contributed by atoms with Gasteiger partial charge in [-0.05, 0) is 43.4 Å². The van der Waals surface area contributed by atoms with Crippen molar-refractivity contribution in [3.63, 3.8) is 0 Å². The van der Waals surface area contributed by atoms with Crippen LogP contribution in [0.25, 0.3) is 6.08 Å². The Morgan fingerprint density at radius 2 is 2.06 bits per heavy atom. The lowest BCUT2D eigenvalue weighted by molar-refractivity contribution is 0.708. The maximum Gasteiger partial charge on any atom is 0.00430 e. The number of hydrogen-bond donors (Lipinski definition) is 0. The number of aryl methyl sites for hydroxylation is 1. The Labute approximate surface area is 112 Å². The van der Waals surface area contributed by atoms with Crippen molar-refractivity contribution in [2.75, 3.05) is 0 Å². The largest absolute Gasteiger partial charge is 0.0992 e. The highest BCUT2D eigenvalue weighted by Gasteiger charge is 2.13. The fourth-order valence-electron chi connectivity index (χ4n) is 2.49. The highest BCUT2D eigenvalue weighted by molar-refractivity contribution is 5.55. The number of rotatable bonds is 6. The molecule has 0 aliphatic heterocycles. The van der Waals surface area contributed by atoms with Crippen molar-refractivity contribution >= 4 is 6.08 Å². The first kappa shape index (κ1) is 14.8. The van der Waals surface area contributed by atoms with Crippen molar-refractivity contribution in [3.05, 3.63) is 53.1 Å². The molecule has 0 N–H and O–H groups in total. The van der Waals surface area contributed by atoms with E-state index in [-0.39, 0.29) is 0 Å². The van der Waals surface area contributed by atoms with Crippen LogP contribution in [0.2, 0.25) is 0 Å². The maximum absolute atomic E-state index is 4.27. The molecule has 0 saturated carbocycles. The summed E-state index contributed by atoms with van der Waals surface area (Å²) in [5, 5.41) is 0. The van der Waals surface area contributed by atoms with Crippen LogP contribution < -0.4 is 0 Å². The van der Waals surface area contributed by atoms with Crippen molar-refractivity contribution < 1.29 is 0 Å². The van der Waals surface area contributed by atoms with Gasteiger partial charge >= 0.3 is 0 Å². The van der Waals surface area contributed by atoms with Gasteiger partial charge in [0.25, 0.3) is 0 Å². The van der Waals surface area contributed by atoms with E-state index in [1.165, 1.54) is 28.7 Å². The Kier molecular flexibility index (Phi) is 5.91. The van der Waals surface area contributed by atoms with Gasteiger partial charge in [-0.1, -0.05) is 62.8 Å². The lowest BCUT2D eigenvalue weighted by Gasteiger charge is -2.19. The van der Waals surface area contributed by atoms with E-state index in [1.807, 2.05) is 0 Å². The first-order valence-electron chi connectivity index (χ1n) is 7.04. The van der Waals surface area contributed by atoms with E-state index in [0.29, 0.717) is 5.92 Å². The average Bonchev–Trinajstić information content (AvgIpc) is 2.34. The van der Waals surface area contributed by atoms with Crippen LogP contribution in [0.5, 0.6) is 0 Å². The normalized spacial score (nSPS) is 12.9. The minimum absolute atomic E-state index is 0.509. The van der Waals surface area contributed by atoms with E-state index >= 15 is 0 Å². The minimum atomic E-state index is 0.509. The molecule has 0 saturated heterocycles. The molecule has 1 rings (SSSR count). The second kappa shape index (κ2) is 7.20. The van der Waals surface area contributed by atoms with E-state index in [9.17, 15) is 0 Å². The molecule has 0 fully saturated rings. The third kappa shape index (κ3) is 3.60. The van der Waals surface area contributed by atoms with Crippen LogP contribution in [0, 0.1) is 6.92 Å². The van der Waals surface area contributed by atoms with Crippen molar-refractivity contribution in [1.82, 2.24) is 0 Å². The molecule has 18 heavy (non-hydrogen) atoms. The Morgan fingerprint density at radius 3 is 2.61 bits per heavy atom. The lowest BCUT2D eigenvalue weighted by atomic mass is 9.86. The highest BCUT2D eigenvalue weighted by atomic mass is 14.2. The second-order valence-corrected chi connectivity index (χ2v) is 4.99. The molecule has 1 aromatic carbocycles. The molecular formula is C18H26. The van der Waals surface area contributed by atoms with Crippen molar-refractivity contribution in [2.24, 2.45) is 0 Å². The van der Waals surface area contributed by atoms with E-state index in [1.54, 1.807) is 0 Å². The molecule has 0 heterocycles. The molecule has 0 aromatic heterocycles. The zero-order valence-electron chi connectivity index (χ0n) is 12.3. The van der Waals surface area contributed by atoms with E-state index < -0.39 is 0 Å². The number of benzene rings is 1. The first-order valence-corrected chi connectivity index (χ1v) is 7.04. The van der Waals surface area contributed by atoms with Crippen LogP contribution in [0.3, 0.4) is 0 Å². The topological polar surface area (TPSA) is 0 Å². The fraction of sp³-hybridized carbons (Fsp3) is 0.444. The van der Waals surface area contributed by atoms with Crippen LogP contribution in [0.1, 0.15) is 62.6 Å². The van der Waals surface area contributed by atoms with Gasteiger partial charge in [0, 0.05) is 5.92 Å². The first-order chi connectivity index (χ1) is 8.63. The van der Waals surface area contributed by atoms with Gasteiger partial charge in [-0.3, -0.25) is 0 Å². The molecule has 0 bridgehead atoms. The van der Waals surface area contributed by atoms with Crippen molar-refractivity contribution in [1.29, 1.82) is 0 Å². The summed E-state index contributed by atoms with van der Waals surface area (Å²) < 4.78 is 0. The smallest absolute Gasteiger partial charge is 0.00430 e. The summed E-state index contributed by atoms with van der Waals surface area (Å²) in [5.41, 5.74) is 5.45. The SMILES string of the molecule is C=C(CCC)C(CC)c1ccc(C)c(/C=C\C)c1. The van der Waals surface area contributed by atoms with Crippen LogP contribution in [0.15, 0.2) is 36.4 Å². The predicted octanol–water partition coefficient (Wildman–Crippen LogP) is 5.88. The monoisotopic (exact) mass is 242 g/mol. The zero-order chi connectivity index (χ0) is 13.5. The lowest BCUT2D eigenvalue weighted by Crippen LogP contribution is -2.01. The van der Waals surface area contributed by atoms with Gasteiger partial charge in [-0.15, -0.1) is 0 Å². The quantitative estimate of drug-likeness (QED) is 0.547. The summed E-state index contributed by atoms with van der Waals surface area (Å²) >= 11 is 0. The molecule has 98 valence electrons. The number of allylic oxidation sites excluding steroid dienone is 2. The highest BCUT2D eigenvalue weighted by Crippen LogP contribution is 2.30. The fourth-order valence-corrected chi connectivity index (χ4v) is 2.49. The average molecular weight is 242 g/mol. The third-order valence-electron chi connectivity index (χ3n) is 3.52. The van der Waals surface area contributed by atoms with Gasteiger partial charge in [-0.25, -0.2) is 0 Å². The van der Waals surface area contributed by atoms with Gasteiger partial charge < -0.3 is 0 Å². The number of hydrogen-bond acceptors (Lipinski definition) is 0. The molecular weight excluding hydrogens is 216 g/mol. The maximum atomic E-state index is 4.27. The molecule has 0 radical (unpaired) electrons. The van der Waals surface area contributed by atoms with Gasteiger partial charge in [0.2, 0.25) is 0 Å². The Morgan fingerprint density at radius 1 is 1.33 bits per heavy atom. The van der Waals surface area contributed by atoms with Crippen LogP contribution in [0.4, 0.5) is 0 Å². The standard InChI is InChI=1S/C18H26/c1-6-9-15(5)18(8-3)17-12-11-14(4)16(13-17)10-7-2/h7,10-13,18H,5-6,8-9H2,1-4H3/b10-7-. The summed E-state index contributed by atoms with van der Waals surface area (Å²) in [4.78, 5) is 0. The van der Waals surface area contributed by atoms with Gasteiger partial charge in [0.05, 0.1) is 0 Å². The summed E-state index contributed by atoms with van der Waals surface area (Å²) in [6.45, 7) is 13.0. The van der Waals surface area contributed by atoms with E-state index in [2.05, 4.69) is 64.6 Å². The van der Waals surface area contributed by atoms with Crippen molar-refractivity contribution in [3.8, 4) is 0 Å². The minimum Gasteiger partial charge on any atom is -0.0992 e. The Balaban J connectivity index is 3.06. The summed E-state index contributed by atoms with van der Waals surface area (Å²) in [6, 6.07) is 6.81. The van der Waals surface area contributed by atoms with Crippen LogP contribution >= 0.6 is 0 Å². The predicted molar refractivity (Wildman–Crippen MR) is 83.0 cm³/mol. The molecule has 0 spiro atoms. The Bertz CT molecular complexity index is 424. The van der Waals surface area contributed by atoms with Crippen LogP contribution in [-0.2, 0) is 0 Å². The zero-order valence-corrected chi connectivity index (χ0v) is 12.3. The van der Waals surface area contributed by atoms with Gasteiger partial charge in [0.1, 0.15) is 0 Å². The van der Waals surface area contributed by atoms with Gasteiger partial charge in [-0.2, -0.15) is 0 Å². The molecule has 0 amide bonds. The summed E-state index contributed by atoms with van der Waals surface area (Å²) in [7, 11) is 0. The summed E-state index contributed by atoms with van der Waals surface area (Å²) in [5.74, 6) is 0.509. The molecule has 1 aromatic rings. The molecule has 0 aliphatic rings. The van der Waals surface area contributed by atoms with E-state index in [4.69, 9.17) is 0 Å². The Hall–Kier alpha value is -1.30. The summed E-state index contributed by atoms with van der Waals surface area (Å²) in [6.07, 6.45) is 7.74. The van der Waals surface area contributed by atoms with Crippen molar-refractivity contribution in [2.45, 2.75) is 52.9 Å². The van der Waals surface area contributed by atoms with Crippen LogP contribution in [-0.4, -0.2) is 0 Å². The molecule has 0 heteroatoms. The molecule has 0 nitrogen and oxygen atoms in total. The van der Waals surface area contributed by atoms with E-state index in [0.717, 1.165) is 12.8 Å². The second-order valence-electron chi connectivity index (χ2n) is 4.99. The molecule has 1 unspecified atom stereocenters.